The molecule has 0 aliphatic carbocycles. The molecule has 0 aliphatic heterocycles. The molecule has 0 spiro atoms. The molecule has 11 heteroatoms. The molecule has 0 radical (unpaired) electrons. The first-order chi connectivity index (χ1) is 23.3. The Morgan fingerprint density at radius 3 is 2.21 bits per heavy atom. The summed E-state index contributed by atoms with van der Waals surface area (Å²) in [7, 11) is 1.88. The quantitative estimate of drug-likeness (QED) is 0.0923. The Morgan fingerprint density at radius 2 is 1.48 bits per heavy atom. The maximum Gasteiger partial charge on any atom is 0.235 e. The van der Waals surface area contributed by atoms with Gasteiger partial charge >= 0.3 is 0 Å². The highest BCUT2D eigenvalue weighted by molar-refractivity contribution is 8.04. The van der Waals surface area contributed by atoms with Crippen LogP contribution in [0.1, 0.15) is 31.9 Å². The molecule has 48 heavy (non-hydrogen) atoms. The summed E-state index contributed by atoms with van der Waals surface area (Å²) in [6.45, 7) is 9.53. The minimum atomic E-state index is 0.0690. The van der Waals surface area contributed by atoms with E-state index in [0.29, 0.717) is 17.6 Å². The van der Waals surface area contributed by atoms with Gasteiger partial charge in [0.05, 0.1) is 5.69 Å². The molecule has 5 aromatic rings. The zero-order valence-corrected chi connectivity index (χ0v) is 30.3. The van der Waals surface area contributed by atoms with Crippen LogP contribution in [-0.2, 0) is 0 Å². The van der Waals surface area contributed by atoms with Crippen LogP contribution >= 0.6 is 46.9 Å². The summed E-state index contributed by atoms with van der Waals surface area (Å²) in [4.78, 5) is 18.2. The number of thioether (sulfide) groups is 3. The second kappa shape index (κ2) is 16.5. The van der Waals surface area contributed by atoms with E-state index >= 15 is 0 Å². The number of nitrogens with one attached hydrogen (secondary N) is 1. The zero-order valence-electron chi connectivity index (χ0n) is 27.1. The van der Waals surface area contributed by atoms with Crippen LogP contribution in [-0.4, -0.2) is 22.0 Å². The van der Waals surface area contributed by atoms with Crippen molar-refractivity contribution < 1.29 is 0 Å². The lowest BCUT2D eigenvalue weighted by Crippen LogP contribution is -2.14. The Labute approximate surface area is 299 Å². The predicted molar refractivity (Wildman–Crippen MR) is 205 cm³/mol. The summed E-state index contributed by atoms with van der Waals surface area (Å²) in [5.74, 6) is 9.60. The minimum Gasteiger partial charge on any atom is -0.323 e. The molecule has 0 fully saturated rings. The lowest BCUT2D eigenvalue weighted by molar-refractivity contribution is 0.991. The third kappa shape index (κ3) is 8.44. The number of rotatable bonds is 9. The molecule has 0 atom stereocenters. The molecule has 0 bridgehead atoms. The van der Waals surface area contributed by atoms with Crippen LogP contribution in [0.5, 0.6) is 0 Å². The molecule has 238 valence electrons. The van der Waals surface area contributed by atoms with Crippen LogP contribution in [0.15, 0.2) is 91.6 Å². The topological polar surface area (TPSA) is 78.7 Å². The summed E-state index contributed by atoms with van der Waals surface area (Å²) < 4.78 is 0. The van der Waals surface area contributed by atoms with Crippen LogP contribution in [0.3, 0.4) is 0 Å². The monoisotopic (exact) mass is 703 g/mol. The van der Waals surface area contributed by atoms with Crippen LogP contribution in [0.4, 0.5) is 34.6 Å². The van der Waals surface area contributed by atoms with Gasteiger partial charge in [-0.3, -0.25) is 0 Å². The highest BCUT2D eigenvalue weighted by atomic mass is 35.5. The highest BCUT2D eigenvalue weighted by Gasteiger charge is 2.18. The van der Waals surface area contributed by atoms with Gasteiger partial charge in [0.25, 0.3) is 0 Å². The number of hydrogen-bond donors (Lipinski definition) is 1. The first-order valence-electron chi connectivity index (χ1n) is 14.7. The van der Waals surface area contributed by atoms with Crippen molar-refractivity contribution in [1.29, 1.82) is 0 Å². The van der Waals surface area contributed by atoms with Crippen LogP contribution in [0, 0.1) is 47.4 Å². The number of aromatic nitrogens is 3. The standard InChI is InChI=1S/C37H30ClN7S3/c1-7-17-46-28-21-26-22-32(48-19-9-3)34(44-43-29-16-15-24(4)20-31(29)47-18-8-2)25(5)33(26)30(23-28)39-36-40-35(38)41-37(42-36)45(6)27-13-11-10-12-14-27/h10-16,20-23H,1-6H3,(H,39,40,41,42). The molecule has 0 aliphatic rings. The third-order valence-corrected chi connectivity index (χ3v) is 9.49. The molecule has 1 aromatic heterocycles. The molecule has 5 rings (SSSR count). The largest absolute Gasteiger partial charge is 0.323 e. The molecular formula is C37H30ClN7S3. The Balaban J connectivity index is 1.67. The van der Waals surface area contributed by atoms with Crippen molar-refractivity contribution in [1.82, 2.24) is 15.0 Å². The molecule has 7 nitrogen and oxygen atoms in total. The molecule has 1 heterocycles. The molecule has 0 saturated heterocycles. The molecule has 0 saturated carbocycles. The number of aryl methyl sites for hydroxylation is 2. The maximum atomic E-state index is 6.44. The van der Waals surface area contributed by atoms with Gasteiger partial charge < -0.3 is 10.2 Å². The van der Waals surface area contributed by atoms with Gasteiger partial charge in [0.15, 0.2) is 0 Å². The Kier molecular flexibility index (Phi) is 11.9. The van der Waals surface area contributed by atoms with Crippen molar-refractivity contribution in [3.63, 3.8) is 0 Å². The molecule has 0 unspecified atom stereocenters. The van der Waals surface area contributed by atoms with E-state index in [-0.39, 0.29) is 5.28 Å². The number of benzene rings is 4. The van der Waals surface area contributed by atoms with Gasteiger partial charge in [-0.1, -0.05) is 42.0 Å². The summed E-state index contributed by atoms with van der Waals surface area (Å²) in [5, 5.41) is 24.3. The third-order valence-electron chi connectivity index (χ3n) is 6.85. The van der Waals surface area contributed by atoms with Gasteiger partial charge in [-0.2, -0.15) is 15.0 Å². The first-order valence-corrected chi connectivity index (χ1v) is 17.5. The fourth-order valence-corrected chi connectivity index (χ4v) is 6.78. The number of halogens is 1. The maximum absolute atomic E-state index is 6.44. The second-order valence-corrected chi connectivity index (χ2v) is 13.1. The summed E-state index contributed by atoms with van der Waals surface area (Å²) >= 11 is 10.7. The fraction of sp³-hybridized carbons (Fsp3) is 0.162. The average Bonchev–Trinajstić information content (AvgIpc) is 3.08. The molecular weight excluding hydrogens is 674 g/mol. The number of azo groups is 1. The van der Waals surface area contributed by atoms with Crippen molar-refractivity contribution in [3.05, 3.63) is 83.1 Å². The van der Waals surface area contributed by atoms with E-state index in [0.717, 1.165) is 53.6 Å². The summed E-state index contributed by atoms with van der Waals surface area (Å²) in [6.07, 6.45) is 0. The van der Waals surface area contributed by atoms with E-state index in [2.05, 4.69) is 67.0 Å². The lowest BCUT2D eigenvalue weighted by Gasteiger charge is -2.19. The Morgan fingerprint density at radius 1 is 0.771 bits per heavy atom. The van der Waals surface area contributed by atoms with Crippen LogP contribution in [0.2, 0.25) is 5.28 Å². The molecule has 4 aromatic carbocycles. The van der Waals surface area contributed by atoms with Crippen LogP contribution < -0.4 is 10.2 Å². The average molecular weight is 704 g/mol. The normalized spacial score (nSPS) is 10.5. The van der Waals surface area contributed by atoms with E-state index in [4.69, 9.17) is 26.8 Å². The SMILES string of the molecule is CC#CSc1cc(Nc2nc(Cl)nc(N(C)c3ccccc3)n2)c2c(C)c(N=Nc3ccc(C)cc3SC#CC)c(SC#CC)cc2c1. The fourth-order valence-electron chi connectivity index (χ4n) is 4.69. The van der Waals surface area contributed by atoms with Gasteiger partial charge in [0.1, 0.15) is 11.4 Å². The first kappa shape index (κ1) is 34.7. The van der Waals surface area contributed by atoms with Crippen molar-refractivity contribution in [2.24, 2.45) is 10.2 Å². The van der Waals surface area contributed by atoms with E-state index in [9.17, 15) is 0 Å². The molecule has 1 N–H and O–H groups in total. The number of anilines is 4. The Hall–Kier alpha value is -4.63. The van der Waals surface area contributed by atoms with E-state index in [1.165, 1.54) is 35.3 Å². The molecule has 0 amide bonds. The van der Waals surface area contributed by atoms with E-state index in [1.807, 2.05) is 95.1 Å². The van der Waals surface area contributed by atoms with Gasteiger partial charge in [0, 0.05) is 32.8 Å². The van der Waals surface area contributed by atoms with Gasteiger partial charge in [-0.15, -0.1) is 10.2 Å². The minimum absolute atomic E-state index is 0.0690. The van der Waals surface area contributed by atoms with Crippen molar-refractivity contribution in [2.45, 2.75) is 49.3 Å². The van der Waals surface area contributed by atoms with Gasteiger partial charge in [-0.25, -0.2) is 0 Å². The number of para-hydroxylation sites is 1. The van der Waals surface area contributed by atoms with E-state index in [1.54, 1.807) is 0 Å². The number of fused-ring (bicyclic) bond motifs is 1. The van der Waals surface area contributed by atoms with Crippen LogP contribution in [0.25, 0.3) is 10.8 Å². The Bertz CT molecular complexity index is 2210. The van der Waals surface area contributed by atoms with Gasteiger partial charge in [0.2, 0.25) is 17.2 Å². The lowest BCUT2D eigenvalue weighted by atomic mass is 10.0. The highest BCUT2D eigenvalue weighted by Crippen LogP contribution is 2.44. The summed E-state index contributed by atoms with van der Waals surface area (Å²) in [6, 6.07) is 22.1. The second-order valence-electron chi connectivity index (χ2n) is 10.2. The zero-order chi connectivity index (χ0) is 34.0. The van der Waals surface area contributed by atoms with Crippen molar-refractivity contribution in [2.75, 3.05) is 17.3 Å². The number of hydrogen-bond acceptors (Lipinski definition) is 10. The smallest absolute Gasteiger partial charge is 0.235 e. The van der Waals surface area contributed by atoms with Gasteiger partial charge in [-0.05, 0) is 156 Å². The van der Waals surface area contributed by atoms with Crippen molar-refractivity contribution in [3.8, 4) is 33.5 Å². The predicted octanol–water partition coefficient (Wildman–Crippen LogP) is 11.4. The van der Waals surface area contributed by atoms with E-state index < -0.39 is 0 Å². The summed E-state index contributed by atoms with van der Waals surface area (Å²) in [5.41, 5.74) is 5.16. The van der Waals surface area contributed by atoms with Crippen molar-refractivity contribution >= 4 is 92.3 Å². The number of nitrogens with zero attached hydrogens (tertiary/aromatic N) is 6.